The quantitative estimate of drug-likeness (QED) is 0.344. The monoisotopic (exact) mass is 430 g/mol. The Morgan fingerprint density at radius 2 is 1.35 bits per heavy atom. The number of allylic oxidation sites excluding steroid dienone is 1. The highest BCUT2D eigenvalue weighted by Crippen LogP contribution is 2.33. The van der Waals surface area contributed by atoms with Crippen molar-refractivity contribution in [3.8, 4) is 11.5 Å². The van der Waals surface area contributed by atoms with Crippen LogP contribution in [0.1, 0.15) is 12.8 Å². The minimum atomic E-state index is -0.712. The van der Waals surface area contributed by atoms with Gasteiger partial charge in [-0.15, -0.1) is 6.58 Å². The molecule has 1 heterocycles. The van der Waals surface area contributed by atoms with E-state index >= 15 is 0 Å². The Morgan fingerprint density at radius 3 is 1.74 bits per heavy atom. The van der Waals surface area contributed by atoms with Crippen molar-refractivity contribution in [1.82, 2.24) is 0 Å². The molecular weight excluding hydrogens is 408 g/mol. The van der Waals surface area contributed by atoms with Crippen molar-refractivity contribution in [3.05, 3.63) is 81.4 Å². The molecule has 10 nitrogen and oxygen atoms in total. The number of rotatable bonds is 10. The van der Waals surface area contributed by atoms with Gasteiger partial charge in [0, 0.05) is 24.3 Å². The van der Waals surface area contributed by atoms with E-state index in [0.29, 0.717) is 24.3 Å². The number of ether oxygens (including phenoxy) is 3. The second-order valence-electron chi connectivity index (χ2n) is 6.93. The lowest BCUT2D eigenvalue weighted by Crippen LogP contribution is -2.42. The first kappa shape index (κ1) is 22.2. The van der Waals surface area contributed by atoms with Crippen LogP contribution in [-0.4, -0.2) is 46.0 Å². The molecule has 2 aromatic carbocycles. The third-order valence-corrected chi connectivity index (χ3v) is 4.88. The zero-order valence-electron chi connectivity index (χ0n) is 16.5. The molecule has 3 rings (SSSR count). The third kappa shape index (κ3) is 5.36. The van der Waals surface area contributed by atoms with Gasteiger partial charge in [-0.3, -0.25) is 20.2 Å². The second-order valence-corrected chi connectivity index (χ2v) is 6.93. The summed E-state index contributed by atoms with van der Waals surface area (Å²) in [7, 11) is 0. The highest BCUT2D eigenvalue weighted by Gasteiger charge is 2.47. The predicted octanol–water partition coefficient (Wildman–Crippen LogP) is 3.42. The Labute approximate surface area is 178 Å². The zero-order valence-corrected chi connectivity index (χ0v) is 16.5. The van der Waals surface area contributed by atoms with Crippen LogP contribution in [0.5, 0.6) is 11.5 Å². The molecule has 0 aliphatic carbocycles. The summed E-state index contributed by atoms with van der Waals surface area (Å²) in [6, 6.07) is 11.2. The van der Waals surface area contributed by atoms with Crippen LogP contribution in [0.2, 0.25) is 0 Å². The van der Waals surface area contributed by atoms with Gasteiger partial charge in [0.1, 0.15) is 17.6 Å². The Kier molecular flexibility index (Phi) is 7.16. The maximum atomic E-state index is 10.9. The van der Waals surface area contributed by atoms with Gasteiger partial charge in [-0.1, -0.05) is 6.08 Å². The van der Waals surface area contributed by atoms with E-state index in [1.165, 1.54) is 48.5 Å². The SMILES string of the molecule is C=CCCC1OC(CO)C(Oc2ccc([N+](=O)[O-])cc2)C1Oc1ccc([N+](=O)[O-])cc1. The van der Waals surface area contributed by atoms with Gasteiger partial charge in [0.2, 0.25) is 0 Å². The molecule has 0 aromatic heterocycles. The molecule has 1 N–H and O–H groups in total. The average molecular weight is 430 g/mol. The van der Waals surface area contributed by atoms with Crippen LogP contribution in [0.15, 0.2) is 61.2 Å². The smallest absolute Gasteiger partial charge is 0.269 e. The van der Waals surface area contributed by atoms with Crippen molar-refractivity contribution in [2.75, 3.05) is 6.61 Å². The van der Waals surface area contributed by atoms with E-state index in [0.717, 1.165) is 0 Å². The molecule has 1 aliphatic heterocycles. The summed E-state index contributed by atoms with van der Waals surface area (Å²) in [6.07, 6.45) is 0.502. The summed E-state index contributed by atoms with van der Waals surface area (Å²) in [6.45, 7) is 3.39. The van der Waals surface area contributed by atoms with Crippen molar-refractivity contribution in [2.45, 2.75) is 37.3 Å². The molecule has 4 unspecified atom stereocenters. The Balaban J connectivity index is 1.83. The number of aliphatic hydroxyl groups excluding tert-OH is 1. The van der Waals surface area contributed by atoms with Crippen LogP contribution in [0, 0.1) is 20.2 Å². The summed E-state index contributed by atoms with van der Waals surface area (Å²) >= 11 is 0. The van der Waals surface area contributed by atoms with Crippen molar-refractivity contribution in [3.63, 3.8) is 0 Å². The molecule has 164 valence electrons. The maximum Gasteiger partial charge on any atom is 0.269 e. The molecule has 1 aliphatic rings. The first-order valence-electron chi connectivity index (χ1n) is 9.62. The number of aliphatic hydroxyl groups is 1. The molecule has 1 saturated heterocycles. The van der Waals surface area contributed by atoms with Crippen molar-refractivity contribution in [2.24, 2.45) is 0 Å². The summed E-state index contributed by atoms with van der Waals surface area (Å²) < 4.78 is 18.0. The molecule has 0 spiro atoms. The van der Waals surface area contributed by atoms with Crippen molar-refractivity contribution in [1.29, 1.82) is 0 Å². The first-order chi connectivity index (χ1) is 14.9. The van der Waals surface area contributed by atoms with Gasteiger partial charge in [0.25, 0.3) is 11.4 Å². The number of non-ortho nitro benzene ring substituents is 2. The van der Waals surface area contributed by atoms with E-state index in [2.05, 4.69) is 6.58 Å². The normalized spacial score (nSPS) is 22.6. The van der Waals surface area contributed by atoms with Crippen LogP contribution in [-0.2, 0) is 4.74 Å². The largest absolute Gasteiger partial charge is 0.484 e. The molecule has 0 amide bonds. The molecule has 4 atom stereocenters. The average Bonchev–Trinajstić information content (AvgIpc) is 3.09. The fourth-order valence-corrected chi connectivity index (χ4v) is 3.36. The zero-order chi connectivity index (χ0) is 22.4. The van der Waals surface area contributed by atoms with E-state index in [-0.39, 0.29) is 18.0 Å². The van der Waals surface area contributed by atoms with Crippen LogP contribution in [0.3, 0.4) is 0 Å². The number of benzene rings is 2. The number of nitro benzene ring substituents is 2. The van der Waals surface area contributed by atoms with Gasteiger partial charge in [0.05, 0.1) is 22.6 Å². The third-order valence-electron chi connectivity index (χ3n) is 4.88. The van der Waals surface area contributed by atoms with E-state index in [4.69, 9.17) is 14.2 Å². The number of hydrogen-bond donors (Lipinski definition) is 1. The van der Waals surface area contributed by atoms with E-state index in [1.54, 1.807) is 6.08 Å². The Morgan fingerprint density at radius 1 is 0.903 bits per heavy atom. The molecule has 31 heavy (non-hydrogen) atoms. The van der Waals surface area contributed by atoms with E-state index < -0.39 is 34.3 Å². The Hall–Kier alpha value is -3.50. The lowest BCUT2D eigenvalue weighted by Gasteiger charge is -2.25. The summed E-state index contributed by atoms with van der Waals surface area (Å²) in [5, 5.41) is 31.5. The summed E-state index contributed by atoms with van der Waals surface area (Å²) in [4.78, 5) is 20.7. The van der Waals surface area contributed by atoms with Crippen molar-refractivity contribution >= 4 is 11.4 Å². The number of hydrogen-bond acceptors (Lipinski definition) is 8. The van der Waals surface area contributed by atoms with Crippen molar-refractivity contribution < 1.29 is 29.2 Å². The maximum absolute atomic E-state index is 10.9. The van der Waals surface area contributed by atoms with Crippen LogP contribution >= 0.6 is 0 Å². The topological polar surface area (TPSA) is 134 Å². The second kappa shape index (κ2) is 10.0. The molecule has 1 fully saturated rings. The fraction of sp³-hybridized carbons (Fsp3) is 0.333. The Bertz CT molecular complexity index is 916. The van der Waals surface area contributed by atoms with Gasteiger partial charge in [0.15, 0.2) is 12.2 Å². The molecule has 10 heteroatoms. The van der Waals surface area contributed by atoms with Gasteiger partial charge < -0.3 is 19.3 Å². The highest BCUT2D eigenvalue weighted by atomic mass is 16.6. The lowest BCUT2D eigenvalue weighted by molar-refractivity contribution is -0.385. The van der Waals surface area contributed by atoms with Crippen LogP contribution in [0.25, 0.3) is 0 Å². The highest BCUT2D eigenvalue weighted by molar-refractivity contribution is 5.37. The summed E-state index contributed by atoms with van der Waals surface area (Å²) in [5.41, 5.74) is -0.138. The lowest BCUT2D eigenvalue weighted by atomic mass is 10.0. The van der Waals surface area contributed by atoms with E-state index in [1.807, 2.05) is 0 Å². The number of nitrogens with zero attached hydrogens (tertiary/aromatic N) is 2. The summed E-state index contributed by atoms with van der Waals surface area (Å²) in [5.74, 6) is 0.748. The van der Waals surface area contributed by atoms with Crippen LogP contribution in [0.4, 0.5) is 11.4 Å². The first-order valence-corrected chi connectivity index (χ1v) is 9.62. The molecular formula is C21H22N2O8. The molecule has 0 saturated carbocycles. The molecule has 0 bridgehead atoms. The van der Waals surface area contributed by atoms with Gasteiger partial charge in [-0.25, -0.2) is 0 Å². The standard InChI is InChI=1S/C21H22N2O8/c1-2-3-4-18-20(29-16-9-5-14(6-10-16)22(25)26)21(19(13-24)31-18)30-17-11-7-15(8-12-17)23(27)28/h2,5-12,18-21,24H,1,3-4,13H2. The number of nitro groups is 2. The molecule has 0 radical (unpaired) electrons. The van der Waals surface area contributed by atoms with Crippen LogP contribution < -0.4 is 9.47 Å². The predicted molar refractivity (Wildman–Crippen MR) is 110 cm³/mol. The fourth-order valence-electron chi connectivity index (χ4n) is 3.36. The van der Waals surface area contributed by atoms with E-state index in [9.17, 15) is 25.3 Å². The minimum Gasteiger partial charge on any atom is -0.484 e. The molecule has 2 aromatic rings. The minimum absolute atomic E-state index is 0.0647. The van der Waals surface area contributed by atoms with Gasteiger partial charge in [-0.2, -0.15) is 0 Å². The van der Waals surface area contributed by atoms with Gasteiger partial charge in [-0.05, 0) is 37.1 Å². The van der Waals surface area contributed by atoms with Gasteiger partial charge >= 0.3 is 0 Å².